The van der Waals surface area contributed by atoms with Crippen LogP contribution < -0.4 is 10.6 Å². The number of carbonyl (C=O) groups is 3. The van der Waals surface area contributed by atoms with Gasteiger partial charge in [0.1, 0.15) is 12.1 Å². The van der Waals surface area contributed by atoms with E-state index in [1.54, 1.807) is 19.1 Å². The Labute approximate surface area is 184 Å². The highest BCUT2D eigenvalue weighted by Gasteiger charge is 2.49. The minimum atomic E-state index is -1.18. The first-order chi connectivity index (χ1) is 14.6. The van der Waals surface area contributed by atoms with Crippen LogP contribution in [0.3, 0.4) is 0 Å². The smallest absolute Gasteiger partial charge is 0.325 e. The lowest BCUT2D eigenvalue weighted by Gasteiger charge is -2.25. The van der Waals surface area contributed by atoms with Crippen molar-refractivity contribution in [2.24, 2.45) is 5.92 Å². The minimum absolute atomic E-state index is 0.145. The van der Waals surface area contributed by atoms with E-state index >= 15 is 0 Å². The van der Waals surface area contributed by atoms with Crippen LogP contribution in [0, 0.1) is 5.92 Å². The Balaban J connectivity index is 1.72. The first-order valence-corrected chi connectivity index (χ1v) is 10.7. The van der Waals surface area contributed by atoms with Crippen LogP contribution in [0.1, 0.15) is 63.3 Å². The minimum Gasteiger partial charge on any atom is -0.347 e. The number of nitrogens with zero attached hydrogens (tertiary/aromatic N) is 1. The quantitative estimate of drug-likeness (QED) is 0.661. The van der Waals surface area contributed by atoms with Gasteiger partial charge in [0, 0.05) is 0 Å². The number of amides is 4. The fourth-order valence-corrected chi connectivity index (χ4v) is 3.89. The predicted molar refractivity (Wildman–Crippen MR) is 120 cm³/mol. The van der Waals surface area contributed by atoms with Gasteiger partial charge in [0.25, 0.3) is 5.91 Å². The summed E-state index contributed by atoms with van der Waals surface area (Å²) in [5, 5.41) is 5.74. The Morgan fingerprint density at radius 2 is 1.55 bits per heavy atom. The number of benzene rings is 2. The van der Waals surface area contributed by atoms with Gasteiger partial charge in [-0.1, -0.05) is 82.3 Å². The topological polar surface area (TPSA) is 78.5 Å². The lowest BCUT2D eigenvalue weighted by molar-refractivity contribution is -0.135. The summed E-state index contributed by atoms with van der Waals surface area (Å²) in [6, 6.07) is 16.5. The molecule has 0 radical (unpaired) electrons. The third-order valence-corrected chi connectivity index (χ3v) is 5.87. The fourth-order valence-electron chi connectivity index (χ4n) is 3.89. The van der Waals surface area contributed by atoms with Crippen molar-refractivity contribution in [3.63, 3.8) is 0 Å². The van der Waals surface area contributed by atoms with E-state index in [-0.39, 0.29) is 24.4 Å². The lowest BCUT2D eigenvalue weighted by Crippen LogP contribution is -2.44. The van der Waals surface area contributed by atoms with Crippen molar-refractivity contribution in [1.82, 2.24) is 15.5 Å². The van der Waals surface area contributed by atoms with Crippen LogP contribution in [0.25, 0.3) is 0 Å². The van der Waals surface area contributed by atoms with Crippen LogP contribution in [0.5, 0.6) is 0 Å². The van der Waals surface area contributed by atoms with Gasteiger partial charge >= 0.3 is 6.03 Å². The standard InChI is InChI=1S/C25H31N3O3/c1-16(2)18-11-13-19(14-12-18)22(17(3)4)26-21(29)15-28-23(30)25(5,27-24(28)31)20-9-7-6-8-10-20/h6-14,16-17,22H,15H2,1-5H3,(H,26,29)(H,27,31). The Kier molecular flexibility index (Phi) is 6.48. The van der Waals surface area contributed by atoms with E-state index in [1.807, 2.05) is 44.2 Å². The Morgan fingerprint density at radius 1 is 0.968 bits per heavy atom. The number of urea groups is 1. The van der Waals surface area contributed by atoms with Crippen molar-refractivity contribution < 1.29 is 14.4 Å². The Morgan fingerprint density at radius 3 is 2.10 bits per heavy atom. The molecule has 2 aromatic carbocycles. The van der Waals surface area contributed by atoms with Crippen LogP contribution >= 0.6 is 0 Å². The van der Waals surface area contributed by atoms with Crippen molar-refractivity contribution in [3.8, 4) is 0 Å². The highest BCUT2D eigenvalue weighted by Crippen LogP contribution is 2.29. The summed E-state index contributed by atoms with van der Waals surface area (Å²) in [6.45, 7) is 9.67. The zero-order valence-electron chi connectivity index (χ0n) is 18.8. The van der Waals surface area contributed by atoms with E-state index in [1.165, 1.54) is 5.56 Å². The SMILES string of the molecule is CC(C)c1ccc(C(NC(=O)CN2C(=O)NC(C)(c3ccccc3)C2=O)C(C)C)cc1. The van der Waals surface area contributed by atoms with Gasteiger partial charge in [0.15, 0.2) is 0 Å². The van der Waals surface area contributed by atoms with Crippen LogP contribution in [-0.2, 0) is 15.1 Å². The predicted octanol–water partition coefficient (Wildman–Crippen LogP) is 4.09. The number of nitrogens with one attached hydrogen (secondary N) is 2. The van der Waals surface area contributed by atoms with E-state index in [0.29, 0.717) is 11.5 Å². The first-order valence-electron chi connectivity index (χ1n) is 10.7. The molecule has 2 N–H and O–H groups in total. The summed E-state index contributed by atoms with van der Waals surface area (Å²) in [6.07, 6.45) is 0. The second-order valence-electron chi connectivity index (χ2n) is 8.92. The van der Waals surface area contributed by atoms with Crippen LogP contribution in [0.15, 0.2) is 54.6 Å². The second kappa shape index (κ2) is 8.92. The van der Waals surface area contributed by atoms with Crippen LogP contribution in [-0.4, -0.2) is 29.3 Å². The maximum Gasteiger partial charge on any atom is 0.325 e. The normalized spacial score (nSPS) is 19.6. The maximum atomic E-state index is 13.0. The Bertz CT molecular complexity index is 954. The molecule has 2 aromatic rings. The summed E-state index contributed by atoms with van der Waals surface area (Å²) in [7, 11) is 0. The summed E-state index contributed by atoms with van der Waals surface area (Å²) < 4.78 is 0. The molecule has 1 aliphatic heterocycles. The highest BCUT2D eigenvalue weighted by molar-refractivity contribution is 6.09. The molecule has 1 fully saturated rings. The van der Waals surface area contributed by atoms with E-state index in [2.05, 4.69) is 36.6 Å². The molecule has 164 valence electrons. The van der Waals surface area contributed by atoms with Gasteiger partial charge in [0.2, 0.25) is 5.91 Å². The summed E-state index contributed by atoms with van der Waals surface area (Å²) in [5.74, 6) is -0.222. The summed E-state index contributed by atoms with van der Waals surface area (Å²) in [5.41, 5.74) is 1.74. The van der Waals surface area contributed by atoms with E-state index in [0.717, 1.165) is 10.5 Å². The van der Waals surface area contributed by atoms with Crippen molar-refractivity contribution in [3.05, 3.63) is 71.3 Å². The molecule has 2 atom stereocenters. The van der Waals surface area contributed by atoms with Crippen LogP contribution in [0.2, 0.25) is 0 Å². The van der Waals surface area contributed by atoms with Gasteiger partial charge < -0.3 is 10.6 Å². The largest absolute Gasteiger partial charge is 0.347 e. The van der Waals surface area contributed by atoms with E-state index in [9.17, 15) is 14.4 Å². The van der Waals surface area contributed by atoms with Gasteiger partial charge in [-0.25, -0.2) is 4.79 Å². The van der Waals surface area contributed by atoms with Gasteiger partial charge in [-0.05, 0) is 35.4 Å². The average molecular weight is 422 g/mol. The Hall–Kier alpha value is -3.15. The van der Waals surface area contributed by atoms with Crippen LogP contribution in [0.4, 0.5) is 4.79 Å². The van der Waals surface area contributed by atoms with Gasteiger partial charge in [-0.3, -0.25) is 14.5 Å². The number of rotatable bonds is 7. The molecule has 4 amide bonds. The molecule has 1 saturated heterocycles. The third kappa shape index (κ3) is 4.63. The molecular formula is C25H31N3O3. The molecule has 0 bridgehead atoms. The molecule has 6 heteroatoms. The van der Waals surface area contributed by atoms with Crippen molar-refractivity contribution in [2.45, 2.75) is 52.1 Å². The average Bonchev–Trinajstić information content (AvgIpc) is 2.96. The number of hydrogen-bond acceptors (Lipinski definition) is 3. The summed E-state index contributed by atoms with van der Waals surface area (Å²) in [4.78, 5) is 39.3. The zero-order valence-corrected chi connectivity index (χ0v) is 18.8. The van der Waals surface area contributed by atoms with E-state index in [4.69, 9.17) is 0 Å². The van der Waals surface area contributed by atoms with E-state index < -0.39 is 17.5 Å². The lowest BCUT2D eigenvalue weighted by atomic mass is 9.92. The molecule has 31 heavy (non-hydrogen) atoms. The van der Waals surface area contributed by atoms with Gasteiger partial charge in [-0.2, -0.15) is 0 Å². The monoisotopic (exact) mass is 421 g/mol. The molecule has 0 aliphatic carbocycles. The molecule has 0 saturated carbocycles. The fraction of sp³-hybridized carbons (Fsp3) is 0.400. The molecule has 2 unspecified atom stereocenters. The molecule has 1 aliphatic rings. The molecule has 3 rings (SSSR count). The molecule has 1 heterocycles. The third-order valence-electron chi connectivity index (χ3n) is 5.87. The van der Waals surface area contributed by atoms with Gasteiger partial charge in [-0.15, -0.1) is 0 Å². The number of hydrogen-bond donors (Lipinski definition) is 2. The van der Waals surface area contributed by atoms with Crippen molar-refractivity contribution in [2.75, 3.05) is 6.54 Å². The van der Waals surface area contributed by atoms with Crippen molar-refractivity contribution in [1.29, 1.82) is 0 Å². The molecule has 6 nitrogen and oxygen atoms in total. The first kappa shape index (κ1) is 22.5. The van der Waals surface area contributed by atoms with Crippen molar-refractivity contribution >= 4 is 17.8 Å². The molecule has 0 aromatic heterocycles. The summed E-state index contributed by atoms with van der Waals surface area (Å²) >= 11 is 0. The second-order valence-corrected chi connectivity index (χ2v) is 8.92. The maximum absolute atomic E-state index is 13.0. The molecule has 0 spiro atoms. The molecular weight excluding hydrogens is 390 g/mol. The zero-order chi connectivity index (χ0) is 22.8. The number of carbonyl (C=O) groups excluding carboxylic acids is 3. The highest BCUT2D eigenvalue weighted by atomic mass is 16.2. The number of imide groups is 1. The van der Waals surface area contributed by atoms with Gasteiger partial charge in [0.05, 0.1) is 6.04 Å².